The molecule has 1 N–H and O–H groups in total. The third-order valence-electron chi connectivity index (χ3n) is 2.68. The molecule has 7 heteroatoms. The van der Waals surface area contributed by atoms with Crippen molar-refractivity contribution in [2.75, 3.05) is 11.4 Å². The van der Waals surface area contributed by atoms with E-state index in [1.807, 2.05) is 6.07 Å². The maximum Gasteiger partial charge on any atom is 0.305 e. The van der Waals surface area contributed by atoms with Gasteiger partial charge in [-0.2, -0.15) is 5.10 Å². The summed E-state index contributed by atoms with van der Waals surface area (Å²) < 4.78 is 1.40. The van der Waals surface area contributed by atoms with Gasteiger partial charge in [0, 0.05) is 12.2 Å². The number of aliphatic carboxylic acids is 1. The predicted molar refractivity (Wildman–Crippen MR) is 71.1 cm³/mol. The Morgan fingerprint density at radius 1 is 1.25 bits per heavy atom. The number of nitrogens with zero attached hydrogens (tertiary/aromatic N) is 4. The lowest BCUT2D eigenvalue weighted by atomic mass is 10.2. The highest BCUT2D eigenvalue weighted by molar-refractivity contribution is 5.93. The Kier molecular flexibility index (Phi) is 4.43. The SMILES string of the molecule is O=C(O)CCN(C(=O)Cn1cncn1)c1ccccc1. The molecule has 0 saturated heterocycles. The zero-order valence-electron chi connectivity index (χ0n) is 10.7. The van der Waals surface area contributed by atoms with Gasteiger partial charge >= 0.3 is 5.97 Å². The van der Waals surface area contributed by atoms with E-state index in [2.05, 4.69) is 10.1 Å². The van der Waals surface area contributed by atoms with Crippen molar-refractivity contribution in [2.24, 2.45) is 0 Å². The first-order valence-corrected chi connectivity index (χ1v) is 6.06. The Labute approximate surface area is 115 Å². The highest BCUT2D eigenvalue weighted by Gasteiger charge is 2.17. The second-order valence-corrected chi connectivity index (χ2v) is 4.12. The molecule has 0 atom stereocenters. The van der Waals surface area contributed by atoms with Crippen molar-refractivity contribution in [2.45, 2.75) is 13.0 Å². The largest absolute Gasteiger partial charge is 0.481 e. The topological polar surface area (TPSA) is 88.3 Å². The molecule has 0 saturated carbocycles. The van der Waals surface area contributed by atoms with Crippen molar-refractivity contribution in [1.82, 2.24) is 14.8 Å². The lowest BCUT2D eigenvalue weighted by Gasteiger charge is -2.22. The van der Waals surface area contributed by atoms with Crippen LogP contribution in [0, 0.1) is 0 Å². The fourth-order valence-corrected chi connectivity index (χ4v) is 1.75. The quantitative estimate of drug-likeness (QED) is 0.841. The fraction of sp³-hybridized carbons (Fsp3) is 0.231. The second-order valence-electron chi connectivity index (χ2n) is 4.12. The molecule has 2 aromatic rings. The standard InChI is InChI=1S/C13H14N4O3/c18-12(8-16-10-14-9-15-16)17(7-6-13(19)20)11-4-2-1-3-5-11/h1-5,9-10H,6-8H2,(H,19,20). The zero-order chi connectivity index (χ0) is 14.4. The third-order valence-corrected chi connectivity index (χ3v) is 2.68. The van der Waals surface area contributed by atoms with Crippen LogP contribution >= 0.6 is 0 Å². The Hall–Kier alpha value is -2.70. The number of para-hydroxylation sites is 1. The third kappa shape index (κ3) is 3.64. The van der Waals surface area contributed by atoms with Crippen LogP contribution in [-0.4, -0.2) is 38.3 Å². The molecule has 0 unspecified atom stereocenters. The number of aromatic nitrogens is 3. The highest BCUT2D eigenvalue weighted by Crippen LogP contribution is 2.14. The van der Waals surface area contributed by atoms with E-state index in [0.29, 0.717) is 5.69 Å². The normalized spacial score (nSPS) is 10.2. The maximum absolute atomic E-state index is 12.3. The van der Waals surface area contributed by atoms with Gasteiger partial charge in [-0.05, 0) is 12.1 Å². The molecule has 1 amide bonds. The minimum absolute atomic E-state index is 0.0223. The van der Waals surface area contributed by atoms with Crippen LogP contribution in [0.2, 0.25) is 0 Å². The number of carboxylic acids is 1. The summed E-state index contributed by atoms with van der Waals surface area (Å²) in [6.07, 6.45) is 2.67. The Balaban J connectivity index is 2.13. The van der Waals surface area contributed by atoms with Gasteiger partial charge in [-0.25, -0.2) is 9.67 Å². The van der Waals surface area contributed by atoms with Crippen LogP contribution in [0.25, 0.3) is 0 Å². The molecule has 0 bridgehead atoms. The summed E-state index contributed by atoms with van der Waals surface area (Å²) in [5, 5.41) is 12.7. The zero-order valence-corrected chi connectivity index (χ0v) is 10.7. The molecule has 0 aliphatic rings. The molecule has 0 aliphatic carbocycles. The molecule has 0 spiro atoms. The van der Waals surface area contributed by atoms with Crippen molar-refractivity contribution in [1.29, 1.82) is 0 Å². The average Bonchev–Trinajstić information content (AvgIpc) is 2.92. The first-order valence-electron chi connectivity index (χ1n) is 6.06. The summed E-state index contributed by atoms with van der Waals surface area (Å²) in [4.78, 5) is 28.2. The number of amides is 1. The molecule has 20 heavy (non-hydrogen) atoms. The van der Waals surface area contributed by atoms with Crippen molar-refractivity contribution in [3.05, 3.63) is 43.0 Å². The molecular formula is C13H14N4O3. The van der Waals surface area contributed by atoms with Crippen LogP contribution in [0.3, 0.4) is 0 Å². The number of hydrogen-bond acceptors (Lipinski definition) is 4. The minimum Gasteiger partial charge on any atom is -0.481 e. The average molecular weight is 274 g/mol. The number of carboxylic acid groups (broad SMARTS) is 1. The lowest BCUT2D eigenvalue weighted by Crippen LogP contribution is -2.35. The van der Waals surface area contributed by atoms with Crippen LogP contribution in [0.5, 0.6) is 0 Å². The Bertz CT molecular complexity index is 569. The summed E-state index contributed by atoms with van der Waals surface area (Å²) in [6.45, 7) is 0.140. The van der Waals surface area contributed by atoms with E-state index in [1.165, 1.54) is 22.2 Å². The Morgan fingerprint density at radius 3 is 2.60 bits per heavy atom. The molecule has 0 aliphatic heterocycles. The molecule has 0 radical (unpaired) electrons. The van der Waals surface area contributed by atoms with Crippen LogP contribution < -0.4 is 4.90 Å². The van der Waals surface area contributed by atoms with E-state index in [1.54, 1.807) is 24.3 Å². The number of rotatable bonds is 6. The first kappa shape index (κ1) is 13.7. The van der Waals surface area contributed by atoms with Gasteiger partial charge in [0.25, 0.3) is 0 Å². The molecule has 1 aromatic carbocycles. The monoisotopic (exact) mass is 274 g/mol. The highest BCUT2D eigenvalue weighted by atomic mass is 16.4. The smallest absolute Gasteiger partial charge is 0.305 e. The summed E-state index contributed by atoms with van der Waals surface area (Å²) in [5.74, 6) is -1.18. The van der Waals surface area contributed by atoms with E-state index < -0.39 is 5.97 Å². The van der Waals surface area contributed by atoms with Crippen molar-refractivity contribution >= 4 is 17.6 Å². The molecule has 7 nitrogen and oxygen atoms in total. The second kappa shape index (κ2) is 6.46. The van der Waals surface area contributed by atoms with Crippen LogP contribution in [0.15, 0.2) is 43.0 Å². The van der Waals surface area contributed by atoms with Crippen molar-refractivity contribution in [3.63, 3.8) is 0 Å². The summed E-state index contributed by atoms with van der Waals surface area (Å²) in [7, 11) is 0. The number of carbonyl (C=O) groups excluding carboxylic acids is 1. The number of benzene rings is 1. The number of hydrogen-bond donors (Lipinski definition) is 1. The Morgan fingerprint density at radius 2 is 2.00 bits per heavy atom. The summed E-state index contributed by atoms with van der Waals surface area (Å²) in [6, 6.07) is 8.96. The van der Waals surface area contributed by atoms with E-state index in [0.717, 1.165) is 0 Å². The number of carbonyl (C=O) groups is 2. The fourth-order valence-electron chi connectivity index (χ4n) is 1.75. The molecule has 1 aromatic heterocycles. The molecule has 104 valence electrons. The van der Waals surface area contributed by atoms with Gasteiger partial charge in [-0.1, -0.05) is 18.2 Å². The number of anilines is 1. The van der Waals surface area contributed by atoms with E-state index in [9.17, 15) is 9.59 Å². The lowest BCUT2D eigenvalue weighted by molar-refractivity contribution is -0.136. The predicted octanol–water partition coefficient (Wildman–Crippen LogP) is 0.786. The van der Waals surface area contributed by atoms with Gasteiger partial charge in [-0.15, -0.1) is 0 Å². The van der Waals surface area contributed by atoms with E-state index in [-0.39, 0.29) is 25.4 Å². The van der Waals surface area contributed by atoms with Crippen LogP contribution in [0.4, 0.5) is 5.69 Å². The van der Waals surface area contributed by atoms with Gasteiger partial charge in [0.05, 0.1) is 6.42 Å². The van der Waals surface area contributed by atoms with Crippen molar-refractivity contribution in [3.8, 4) is 0 Å². The van der Waals surface area contributed by atoms with Gasteiger partial charge < -0.3 is 10.0 Å². The maximum atomic E-state index is 12.3. The molecule has 1 heterocycles. The first-order chi connectivity index (χ1) is 9.66. The summed E-state index contributed by atoms with van der Waals surface area (Å²) in [5.41, 5.74) is 0.666. The van der Waals surface area contributed by atoms with Gasteiger partial charge in [0.2, 0.25) is 5.91 Å². The molecular weight excluding hydrogens is 260 g/mol. The van der Waals surface area contributed by atoms with Crippen LogP contribution in [-0.2, 0) is 16.1 Å². The van der Waals surface area contributed by atoms with Gasteiger partial charge in [0.15, 0.2) is 0 Å². The van der Waals surface area contributed by atoms with Gasteiger partial charge in [0.1, 0.15) is 19.2 Å². The van der Waals surface area contributed by atoms with Gasteiger partial charge in [-0.3, -0.25) is 9.59 Å². The van der Waals surface area contributed by atoms with Crippen molar-refractivity contribution < 1.29 is 14.7 Å². The van der Waals surface area contributed by atoms with E-state index >= 15 is 0 Å². The minimum atomic E-state index is -0.945. The van der Waals surface area contributed by atoms with Crippen LogP contribution in [0.1, 0.15) is 6.42 Å². The summed E-state index contributed by atoms with van der Waals surface area (Å²) >= 11 is 0. The molecule has 2 rings (SSSR count). The van der Waals surface area contributed by atoms with E-state index in [4.69, 9.17) is 5.11 Å². The molecule has 0 fully saturated rings.